The van der Waals surface area contributed by atoms with Gasteiger partial charge in [-0.1, -0.05) is 12.1 Å². The number of para-hydroxylation sites is 1. The summed E-state index contributed by atoms with van der Waals surface area (Å²) in [5.41, 5.74) is 0.548. The molecule has 0 heterocycles. The van der Waals surface area contributed by atoms with Crippen LogP contribution < -0.4 is 14.8 Å². The Morgan fingerprint density at radius 1 is 1.38 bits per heavy atom. The first kappa shape index (κ1) is 17.2. The predicted molar refractivity (Wildman–Crippen MR) is 74.6 cm³/mol. The van der Waals surface area contributed by atoms with Gasteiger partial charge in [0.1, 0.15) is 0 Å². The molecule has 1 aromatic rings. The van der Waals surface area contributed by atoms with Gasteiger partial charge in [0.25, 0.3) is 0 Å². The molecule has 0 spiro atoms. The molecule has 0 saturated heterocycles. The second kappa shape index (κ2) is 8.41. The summed E-state index contributed by atoms with van der Waals surface area (Å²) in [5, 5.41) is 3.02. The highest BCUT2D eigenvalue weighted by Gasteiger charge is 2.15. The fourth-order valence-electron chi connectivity index (χ4n) is 1.73. The lowest BCUT2D eigenvalue weighted by Crippen LogP contribution is -2.26. The van der Waals surface area contributed by atoms with E-state index in [9.17, 15) is 13.6 Å². The molecule has 1 N–H and O–H groups in total. The Morgan fingerprint density at radius 3 is 2.67 bits per heavy atom. The zero-order valence-corrected chi connectivity index (χ0v) is 12.4. The number of methoxy groups -OCH3 is 1. The van der Waals surface area contributed by atoms with Crippen LogP contribution in [-0.2, 0) is 11.3 Å². The van der Waals surface area contributed by atoms with Gasteiger partial charge in [-0.05, 0) is 6.07 Å². The molecule has 5 nitrogen and oxygen atoms in total. The molecular weight excluding hydrogens is 282 g/mol. The second-order valence-corrected chi connectivity index (χ2v) is 4.54. The Morgan fingerprint density at radius 2 is 2.10 bits per heavy atom. The summed E-state index contributed by atoms with van der Waals surface area (Å²) < 4.78 is 34.4. The number of hydrogen-bond acceptors (Lipinski definition) is 4. The molecule has 1 aromatic carbocycles. The highest BCUT2D eigenvalue weighted by Crippen LogP contribution is 2.32. The highest BCUT2D eigenvalue weighted by atomic mass is 19.3. The van der Waals surface area contributed by atoms with Gasteiger partial charge >= 0.3 is 6.61 Å². The molecule has 118 valence electrons. The third kappa shape index (κ3) is 5.55. The maximum Gasteiger partial charge on any atom is 0.387 e. The van der Waals surface area contributed by atoms with Crippen molar-refractivity contribution in [1.82, 2.24) is 10.2 Å². The van der Waals surface area contributed by atoms with Gasteiger partial charge in [-0.3, -0.25) is 4.79 Å². The number of alkyl halides is 2. The van der Waals surface area contributed by atoms with Crippen molar-refractivity contribution in [3.8, 4) is 11.5 Å². The molecule has 0 radical (unpaired) electrons. The Hall–Kier alpha value is -1.89. The first-order valence-electron chi connectivity index (χ1n) is 6.47. The number of nitrogens with one attached hydrogen (secondary N) is 1. The Kier molecular flexibility index (Phi) is 6.87. The van der Waals surface area contributed by atoms with Gasteiger partial charge in [0, 0.05) is 39.2 Å². The van der Waals surface area contributed by atoms with Gasteiger partial charge in [-0.25, -0.2) is 0 Å². The van der Waals surface area contributed by atoms with Crippen LogP contribution in [0, 0.1) is 0 Å². The van der Waals surface area contributed by atoms with Gasteiger partial charge in [0.2, 0.25) is 5.91 Å². The van der Waals surface area contributed by atoms with Crippen LogP contribution in [0.3, 0.4) is 0 Å². The number of hydrogen-bond donors (Lipinski definition) is 1. The van der Waals surface area contributed by atoms with Gasteiger partial charge in [-0.2, -0.15) is 8.78 Å². The van der Waals surface area contributed by atoms with Crippen molar-refractivity contribution in [3.05, 3.63) is 23.8 Å². The molecule has 0 aliphatic carbocycles. The Balaban J connectivity index is 2.63. The van der Waals surface area contributed by atoms with Gasteiger partial charge in [-0.15, -0.1) is 0 Å². The zero-order valence-electron chi connectivity index (χ0n) is 12.4. The zero-order chi connectivity index (χ0) is 15.8. The molecule has 0 fully saturated rings. The first-order valence-corrected chi connectivity index (χ1v) is 6.47. The smallest absolute Gasteiger partial charge is 0.387 e. The van der Waals surface area contributed by atoms with E-state index in [1.807, 2.05) is 0 Å². The topological polar surface area (TPSA) is 50.8 Å². The molecule has 7 heteroatoms. The van der Waals surface area contributed by atoms with Crippen LogP contribution in [0.5, 0.6) is 11.5 Å². The maximum atomic E-state index is 12.5. The predicted octanol–water partition coefficient (Wildman–Crippen LogP) is 1.86. The maximum absolute atomic E-state index is 12.5. The summed E-state index contributed by atoms with van der Waals surface area (Å²) in [7, 11) is 4.75. The van der Waals surface area contributed by atoms with Crippen LogP contribution in [0.25, 0.3) is 0 Å². The summed E-state index contributed by atoms with van der Waals surface area (Å²) in [6.07, 6.45) is 0.335. The highest BCUT2D eigenvalue weighted by molar-refractivity contribution is 5.75. The van der Waals surface area contributed by atoms with Gasteiger partial charge in [0.05, 0.1) is 7.11 Å². The lowest BCUT2D eigenvalue weighted by Gasteiger charge is -2.15. The number of rotatable bonds is 8. The van der Waals surface area contributed by atoms with Crippen LogP contribution in [-0.4, -0.2) is 45.2 Å². The van der Waals surface area contributed by atoms with Crippen molar-refractivity contribution in [1.29, 1.82) is 0 Å². The molecule has 21 heavy (non-hydrogen) atoms. The summed E-state index contributed by atoms with van der Waals surface area (Å²) in [5.74, 6) is 0.262. The standard InChI is InChI=1S/C14H20F2N2O3/c1-18(2)12(19)7-8-17-9-10-5-4-6-11(20-3)13(10)21-14(15)16/h4-6,14,17H,7-9H2,1-3H3. The second-order valence-electron chi connectivity index (χ2n) is 4.54. The molecular formula is C14H20F2N2O3. The largest absolute Gasteiger partial charge is 0.493 e. The van der Waals surface area contributed by atoms with Crippen molar-refractivity contribution >= 4 is 5.91 Å². The number of halogens is 2. The van der Waals surface area contributed by atoms with E-state index < -0.39 is 6.61 Å². The van der Waals surface area contributed by atoms with E-state index in [1.165, 1.54) is 12.0 Å². The van der Waals surface area contributed by atoms with Crippen LogP contribution in [0.1, 0.15) is 12.0 Å². The van der Waals surface area contributed by atoms with Crippen molar-refractivity contribution in [2.24, 2.45) is 0 Å². The van der Waals surface area contributed by atoms with Crippen LogP contribution in [0.4, 0.5) is 8.78 Å². The SMILES string of the molecule is COc1cccc(CNCCC(=O)N(C)C)c1OC(F)F. The molecule has 0 aliphatic rings. The van der Waals surface area contributed by atoms with E-state index in [-0.39, 0.29) is 17.4 Å². The van der Waals surface area contributed by atoms with Crippen LogP contribution >= 0.6 is 0 Å². The van der Waals surface area contributed by atoms with E-state index in [2.05, 4.69) is 10.1 Å². The number of carbonyl (C=O) groups excluding carboxylic acids is 1. The number of ether oxygens (including phenoxy) is 2. The normalized spacial score (nSPS) is 10.6. The average Bonchev–Trinajstić information content (AvgIpc) is 2.43. The van der Waals surface area contributed by atoms with Crippen molar-refractivity contribution in [2.75, 3.05) is 27.7 Å². The van der Waals surface area contributed by atoms with Crippen molar-refractivity contribution in [2.45, 2.75) is 19.6 Å². The molecule has 1 rings (SSSR count). The number of carbonyl (C=O) groups is 1. The van der Waals surface area contributed by atoms with Crippen LogP contribution in [0.2, 0.25) is 0 Å². The quantitative estimate of drug-likeness (QED) is 0.745. The van der Waals surface area contributed by atoms with E-state index in [4.69, 9.17) is 4.74 Å². The lowest BCUT2D eigenvalue weighted by atomic mass is 10.2. The summed E-state index contributed by atoms with van der Waals surface area (Å²) in [6.45, 7) is -2.17. The Bertz CT molecular complexity index is 468. The monoisotopic (exact) mass is 302 g/mol. The van der Waals surface area contributed by atoms with E-state index in [0.29, 0.717) is 25.1 Å². The molecule has 0 saturated carbocycles. The molecule has 0 aromatic heterocycles. The number of nitrogens with zero attached hydrogens (tertiary/aromatic N) is 1. The molecule has 0 atom stereocenters. The molecule has 0 bridgehead atoms. The van der Waals surface area contributed by atoms with E-state index >= 15 is 0 Å². The number of benzene rings is 1. The average molecular weight is 302 g/mol. The molecule has 0 unspecified atom stereocenters. The molecule has 0 aliphatic heterocycles. The first-order chi connectivity index (χ1) is 9.95. The summed E-state index contributed by atoms with van der Waals surface area (Å²) in [6, 6.07) is 4.91. The van der Waals surface area contributed by atoms with Crippen LogP contribution in [0.15, 0.2) is 18.2 Å². The minimum atomic E-state index is -2.92. The third-order valence-electron chi connectivity index (χ3n) is 2.82. The lowest BCUT2D eigenvalue weighted by molar-refractivity contribution is -0.128. The molecule has 1 amide bonds. The van der Waals surface area contributed by atoms with Gasteiger partial charge in [0.15, 0.2) is 11.5 Å². The van der Waals surface area contributed by atoms with Gasteiger partial charge < -0.3 is 19.7 Å². The Labute approximate surface area is 122 Å². The minimum Gasteiger partial charge on any atom is -0.493 e. The minimum absolute atomic E-state index is 0.00260. The third-order valence-corrected chi connectivity index (χ3v) is 2.82. The summed E-state index contributed by atoms with van der Waals surface area (Å²) in [4.78, 5) is 12.9. The summed E-state index contributed by atoms with van der Waals surface area (Å²) >= 11 is 0. The fourth-order valence-corrected chi connectivity index (χ4v) is 1.73. The fraction of sp³-hybridized carbons (Fsp3) is 0.500. The van der Waals surface area contributed by atoms with Crippen molar-refractivity contribution < 1.29 is 23.0 Å². The van der Waals surface area contributed by atoms with E-state index in [0.717, 1.165) is 0 Å². The van der Waals surface area contributed by atoms with E-state index in [1.54, 1.807) is 32.3 Å². The van der Waals surface area contributed by atoms with Crippen molar-refractivity contribution in [3.63, 3.8) is 0 Å². The number of amides is 1.